The minimum Gasteiger partial charge on any atom is -0.369 e. The molecule has 9 heteroatoms. The first kappa shape index (κ1) is 18.9. The van der Waals surface area contributed by atoms with E-state index in [0.29, 0.717) is 17.9 Å². The van der Waals surface area contributed by atoms with Crippen molar-refractivity contribution in [3.63, 3.8) is 0 Å². The van der Waals surface area contributed by atoms with Crippen molar-refractivity contribution in [2.24, 2.45) is 7.05 Å². The normalized spacial score (nSPS) is 22.0. The summed E-state index contributed by atoms with van der Waals surface area (Å²) in [6.07, 6.45) is 0.000382. The van der Waals surface area contributed by atoms with Gasteiger partial charge < -0.3 is 9.64 Å². The first-order valence-corrected chi connectivity index (χ1v) is 9.26. The highest BCUT2D eigenvalue weighted by Crippen LogP contribution is 2.42. The molecule has 28 heavy (non-hydrogen) atoms. The van der Waals surface area contributed by atoms with Crippen molar-refractivity contribution < 1.29 is 22.7 Å². The third kappa shape index (κ3) is 3.28. The molecule has 0 N–H and O–H groups in total. The molecule has 2 aromatic rings. The lowest BCUT2D eigenvalue weighted by Crippen LogP contribution is -2.58. The van der Waals surface area contributed by atoms with Gasteiger partial charge in [0.05, 0.1) is 30.5 Å². The van der Waals surface area contributed by atoms with Crippen molar-refractivity contribution in [2.45, 2.75) is 43.5 Å². The molecule has 1 spiro atoms. The number of aromatic nitrogens is 3. The van der Waals surface area contributed by atoms with Gasteiger partial charge in [-0.25, -0.2) is 4.68 Å². The van der Waals surface area contributed by atoms with Gasteiger partial charge in [-0.3, -0.25) is 4.79 Å². The number of nitrogens with zero attached hydrogens (tertiary/aromatic N) is 4. The molecule has 1 aromatic heterocycles. The average molecular weight is 394 g/mol. The largest absolute Gasteiger partial charge is 0.416 e. The summed E-state index contributed by atoms with van der Waals surface area (Å²) < 4.78 is 46.7. The summed E-state index contributed by atoms with van der Waals surface area (Å²) in [6.45, 7) is 0.510. The first-order chi connectivity index (χ1) is 13.3. The van der Waals surface area contributed by atoms with Gasteiger partial charge in [-0.05, 0) is 30.5 Å². The Morgan fingerprint density at radius 2 is 2.04 bits per heavy atom. The Balaban J connectivity index is 1.65. The summed E-state index contributed by atoms with van der Waals surface area (Å²) in [6, 6.07) is 5.13. The Bertz CT molecular complexity index is 874. The smallest absolute Gasteiger partial charge is 0.369 e. The Morgan fingerprint density at radius 3 is 2.68 bits per heavy atom. The van der Waals surface area contributed by atoms with Gasteiger partial charge in [0, 0.05) is 7.05 Å². The molecule has 4 rings (SSSR count). The van der Waals surface area contributed by atoms with Gasteiger partial charge in [-0.15, -0.1) is 5.10 Å². The highest BCUT2D eigenvalue weighted by atomic mass is 19.4. The zero-order valence-electron chi connectivity index (χ0n) is 15.4. The second-order valence-corrected chi connectivity index (χ2v) is 7.51. The molecule has 1 atom stereocenters. The lowest BCUT2D eigenvalue weighted by atomic mass is 9.91. The van der Waals surface area contributed by atoms with Gasteiger partial charge in [0.2, 0.25) is 0 Å². The summed E-state index contributed by atoms with van der Waals surface area (Å²) in [5.74, 6) is -0.213. The van der Waals surface area contributed by atoms with E-state index in [1.807, 2.05) is 0 Å². The topological polar surface area (TPSA) is 60.2 Å². The van der Waals surface area contributed by atoms with Crippen LogP contribution in [-0.4, -0.2) is 44.5 Å². The number of halogens is 3. The summed E-state index contributed by atoms with van der Waals surface area (Å²) in [7, 11) is 1.65. The minimum absolute atomic E-state index is 0.200. The molecule has 2 aliphatic rings. The highest BCUT2D eigenvalue weighted by molar-refractivity contribution is 5.93. The van der Waals surface area contributed by atoms with Crippen molar-refractivity contribution >= 4 is 5.91 Å². The molecule has 1 aliphatic heterocycles. The zero-order chi connectivity index (χ0) is 19.9. The predicted molar refractivity (Wildman–Crippen MR) is 93.4 cm³/mol. The monoisotopic (exact) mass is 394 g/mol. The molecule has 2 heterocycles. The van der Waals surface area contributed by atoms with E-state index in [-0.39, 0.29) is 12.5 Å². The molecule has 1 aliphatic carbocycles. The average Bonchev–Trinajstić information content (AvgIpc) is 3.31. The number of amides is 1. The van der Waals surface area contributed by atoms with Gasteiger partial charge in [0.1, 0.15) is 11.8 Å². The second kappa shape index (κ2) is 6.88. The van der Waals surface area contributed by atoms with Gasteiger partial charge in [-0.2, -0.15) is 13.2 Å². The fraction of sp³-hybridized carbons (Fsp3) is 0.526. The van der Waals surface area contributed by atoms with Crippen LogP contribution < -0.4 is 0 Å². The van der Waals surface area contributed by atoms with Crippen LogP contribution in [0.3, 0.4) is 0 Å². The van der Waals surface area contributed by atoms with E-state index in [1.54, 1.807) is 18.0 Å². The van der Waals surface area contributed by atoms with E-state index >= 15 is 0 Å². The molecule has 1 saturated carbocycles. The van der Waals surface area contributed by atoms with Crippen LogP contribution >= 0.6 is 0 Å². The Hall–Kier alpha value is -2.42. The quantitative estimate of drug-likeness (QED) is 0.784. The second-order valence-electron chi connectivity index (χ2n) is 7.51. The molecule has 0 bridgehead atoms. The number of hydrogen-bond donors (Lipinski definition) is 0. The lowest BCUT2D eigenvalue weighted by molar-refractivity contribution is -0.138. The molecule has 2 fully saturated rings. The fourth-order valence-electron chi connectivity index (χ4n) is 4.23. The summed E-state index contributed by atoms with van der Waals surface area (Å²) >= 11 is 0. The maximum Gasteiger partial charge on any atom is 0.416 e. The molecule has 6 nitrogen and oxygen atoms in total. The Morgan fingerprint density at radius 1 is 1.29 bits per heavy atom. The van der Waals surface area contributed by atoms with Gasteiger partial charge >= 0.3 is 6.18 Å². The van der Waals surface area contributed by atoms with Crippen LogP contribution in [0.5, 0.6) is 0 Å². The molecule has 1 amide bonds. The van der Waals surface area contributed by atoms with Gasteiger partial charge in [0.15, 0.2) is 0 Å². The van der Waals surface area contributed by atoms with Crippen molar-refractivity contribution in [1.29, 1.82) is 0 Å². The fourth-order valence-corrected chi connectivity index (χ4v) is 4.23. The SMILES string of the molecule is Cn1nncc1C(=O)N1CC(c2cccc(C(F)(F)F)c2)OCC12CCCC2. The number of benzene rings is 1. The highest BCUT2D eigenvalue weighted by Gasteiger charge is 2.47. The predicted octanol–water partition coefficient (Wildman–Crippen LogP) is 3.36. The summed E-state index contributed by atoms with van der Waals surface area (Å²) in [4.78, 5) is 15.0. The number of alkyl halides is 3. The van der Waals surface area contributed by atoms with Crippen molar-refractivity contribution in [1.82, 2.24) is 19.9 Å². The summed E-state index contributed by atoms with van der Waals surface area (Å²) in [5, 5.41) is 7.60. The van der Waals surface area contributed by atoms with E-state index in [2.05, 4.69) is 10.3 Å². The first-order valence-electron chi connectivity index (χ1n) is 9.26. The molecule has 1 saturated heterocycles. The maximum absolute atomic E-state index is 13.2. The standard InChI is InChI=1S/C19H21F3N4O2/c1-25-15(10-23-24-25)17(27)26-11-16(28-12-18(26)7-2-3-8-18)13-5-4-6-14(9-13)19(20,21)22/h4-6,9-10,16H,2-3,7-8,11-12H2,1H3. The number of aryl methyl sites for hydroxylation is 1. The van der Waals surface area contributed by atoms with Crippen molar-refractivity contribution in [2.75, 3.05) is 13.2 Å². The van der Waals surface area contributed by atoms with E-state index in [1.165, 1.54) is 16.9 Å². The van der Waals surface area contributed by atoms with Crippen LogP contribution in [0.25, 0.3) is 0 Å². The molecule has 0 radical (unpaired) electrons. The number of ether oxygens (including phenoxy) is 1. The number of hydrogen-bond acceptors (Lipinski definition) is 4. The maximum atomic E-state index is 13.2. The third-order valence-corrected chi connectivity index (χ3v) is 5.77. The van der Waals surface area contributed by atoms with Crippen LogP contribution in [0, 0.1) is 0 Å². The molecule has 150 valence electrons. The van der Waals surface area contributed by atoms with Crippen LogP contribution in [0.2, 0.25) is 0 Å². The Kier molecular flexibility index (Phi) is 4.65. The van der Waals surface area contributed by atoms with Crippen LogP contribution in [-0.2, 0) is 18.0 Å². The number of rotatable bonds is 2. The van der Waals surface area contributed by atoms with Crippen molar-refractivity contribution in [3.8, 4) is 0 Å². The molecule has 1 aromatic carbocycles. The third-order valence-electron chi connectivity index (χ3n) is 5.77. The number of carbonyl (C=O) groups is 1. The van der Waals surface area contributed by atoms with Gasteiger partial charge in [-0.1, -0.05) is 30.2 Å². The molecule has 1 unspecified atom stereocenters. The number of morpholine rings is 1. The van der Waals surface area contributed by atoms with E-state index in [0.717, 1.165) is 37.8 Å². The zero-order valence-corrected chi connectivity index (χ0v) is 15.4. The van der Waals surface area contributed by atoms with E-state index in [9.17, 15) is 18.0 Å². The number of carbonyl (C=O) groups excluding carboxylic acids is 1. The lowest BCUT2D eigenvalue weighted by Gasteiger charge is -2.47. The minimum atomic E-state index is -4.42. The van der Waals surface area contributed by atoms with Crippen LogP contribution in [0.1, 0.15) is 53.4 Å². The van der Waals surface area contributed by atoms with Crippen molar-refractivity contribution in [3.05, 3.63) is 47.3 Å². The molecular weight excluding hydrogens is 373 g/mol. The molecular formula is C19H21F3N4O2. The summed E-state index contributed by atoms with van der Waals surface area (Å²) in [5.41, 5.74) is -0.359. The van der Waals surface area contributed by atoms with E-state index in [4.69, 9.17) is 4.74 Å². The van der Waals surface area contributed by atoms with Crippen LogP contribution in [0.15, 0.2) is 30.5 Å². The van der Waals surface area contributed by atoms with Gasteiger partial charge in [0.25, 0.3) is 5.91 Å². The Labute approximate surface area is 160 Å². The van der Waals surface area contributed by atoms with Crippen LogP contribution in [0.4, 0.5) is 13.2 Å². The van der Waals surface area contributed by atoms with E-state index < -0.39 is 23.4 Å².